The molecule has 0 N–H and O–H groups in total. The van der Waals surface area contributed by atoms with E-state index in [1.807, 2.05) is 18.2 Å². The third-order valence-corrected chi connectivity index (χ3v) is 4.02. The first-order valence-corrected chi connectivity index (χ1v) is 9.27. The highest BCUT2D eigenvalue weighted by molar-refractivity contribution is 5.96. The molecular weight excluding hydrogens is 346 g/mol. The summed E-state index contributed by atoms with van der Waals surface area (Å²) >= 11 is 0. The molecule has 0 aliphatic heterocycles. The SMILES string of the molecule is COCc1c(C(=O)OCC(=O)N(CC(C)C)CC(C)C)oc2ccccc12. The van der Waals surface area contributed by atoms with Crippen molar-refractivity contribution in [1.29, 1.82) is 0 Å². The molecule has 148 valence electrons. The van der Waals surface area contributed by atoms with Crippen molar-refractivity contribution < 1.29 is 23.5 Å². The lowest BCUT2D eigenvalue weighted by Crippen LogP contribution is -2.39. The van der Waals surface area contributed by atoms with Gasteiger partial charge in [-0.15, -0.1) is 0 Å². The van der Waals surface area contributed by atoms with E-state index in [0.29, 0.717) is 36.1 Å². The van der Waals surface area contributed by atoms with Gasteiger partial charge >= 0.3 is 5.97 Å². The van der Waals surface area contributed by atoms with Crippen LogP contribution in [0.15, 0.2) is 28.7 Å². The minimum Gasteiger partial charge on any atom is -0.450 e. The molecule has 0 bridgehead atoms. The van der Waals surface area contributed by atoms with E-state index < -0.39 is 5.97 Å². The maximum absolute atomic E-state index is 12.5. The number of hydrogen-bond acceptors (Lipinski definition) is 5. The monoisotopic (exact) mass is 375 g/mol. The number of para-hydroxylation sites is 1. The summed E-state index contributed by atoms with van der Waals surface area (Å²) in [5, 5.41) is 0.805. The van der Waals surface area contributed by atoms with Gasteiger partial charge < -0.3 is 18.8 Å². The molecule has 0 saturated carbocycles. The van der Waals surface area contributed by atoms with Crippen LogP contribution in [0.1, 0.15) is 43.8 Å². The third kappa shape index (κ3) is 5.57. The van der Waals surface area contributed by atoms with Crippen LogP contribution in [0.2, 0.25) is 0 Å². The molecule has 6 heteroatoms. The lowest BCUT2D eigenvalue weighted by atomic mass is 10.1. The Bertz CT molecular complexity index is 768. The molecule has 1 amide bonds. The molecule has 6 nitrogen and oxygen atoms in total. The van der Waals surface area contributed by atoms with Crippen molar-refractivity contribution in [1.82, 2.24) is 4.90 Å². The summed E-state index contributed by atoms with van der Waals surface area (Å²) in [5.74, 6) is -0.0833. The van der Waals surface area contributed by atoms with Crippen molar-refractivity contribution in [2.45, 2.75) is 34.3 Å². The molecular formula is C21H29NO5. The van der Waals surface area contributed by atoms with Crippen molar-refractivity contribution in [3.63, 3.8) is 0 Å². The molecule has 0 atom stereocenters. The zero-order valence-corrected chi connectivity index (χ0v) is 16.8. The minimum atomic E-state index is -0.652. The number of carbonyl (C=O) groups is 2. The Morgan fingerprint density at radius 2 is 1.70 bits per heavy atom. The van der Waals surface area contributed by atoms with Crippen LogP contribution in [-0.2, 0) is 20.9 Å². The van der Waals surface area contributed by atoms with E-state index in [0.717, 1.165) is 5.39 Å². The number of benzene rings is 1. The topological polar surface area (TPSA) is 69.0 Å². The van der Waals surface area contributed by atoms with Gasteiger partial charge in [-0.05, 0) is 17.9 Å². The lowest BCUT2D eigenvalue weighted by Gasteiger charge is -2.26. The molecule has 0 saturated heterocycles. The molecule has 0 fully saturated rings. The van der Waals surface area contributed by atoms with Crippen molar-refractivity contribution >= 4 is 22.8 Å². The average Bonchev–Trinajstić information content (AvgIpc) is 2.97. The Labute approximate surface area is 160 Å². The van der Waals surface area contributed by atoms with Gasteiger partial charge in [0.2, 0.25) is 5.76 Å². The van der Waals surface area contributed by atoms with Crippen molar-refractivity contribution in [2.75, 3.05) is 26.8 Å². The zero-order chi connectivity index (χ0) is 20.0. The smallest absolute Gasteiger partial charge is 0.375 e. The molecule has 0 aliphatic carbocycles. The van der Waals surface area contributed by atoms with Crippen LogP contribution in [0.5, 0.6) is 0 Å². The quantitative estimate of drug-likeness (QED) is 0.622. The van der Waals surface area contributed by atoms with Crippen LogP contribution in [0.25, 0.3) is 11.0 Å². The first-order valence-electron chi connectivity index (χ1n) is 9.27. The van der Waals surface area contributed by atoms with Crippen LogP contribution in [0.4, 0.5) is 0 Å². The van der Waals surface area contributed by atoms with Gasteiger partial charge in [0.15, 0.2) is 6.61 Å². The number of fused-ring (bicyclic) bond motifs is 1. The van der Waals surface area contributed by atoms with Crippen LogP contribution in [-0.4, -0.2) is 43.6 Å². The van der Waals surface area contributed by atoms with E-state index in [-0.39, 0.29) is 24.9 Å². The Morgan fingerprint density at radius 1 is 1.07 bits per heavy atom. The van der Waals surface area contributed by atoms with Gasteiger partial charge in [0.05, 0.1) is 6.61 Å². The second-order valence-electron chi connectivity index (χ2n) is 7.50. The first kappa shape index (κ1) is 21.0. The fourth-order valence-corrected chi connectivity index (χ4v) is 3.00. The van der Waals surface area contributed by atoms with Crippen LogP contribution < -0.4 is 0 Å². The molecule has 0 radical (unpaired) electrons. The van der Waals surface area contributed by atoms with Crippen LogP contribution in [0, 0.1) is 11.8 Å². The van der Waals surface area contributed by atoms with Gasteiger partial charge in [-0.3, -0.25) is 4.79 Å². The maximum Gasteiger partial charge on any atom is 0.375 e. The number of amides is 1. The number of carbonyl (C=O) groups excluding carboxylic acids is 2. The predicted molar refractivity (Wildman–Crippen MR) is 103 cm³/mol. The maximum atomic E-state index is 12.5. The summed E-state index contributed by atoms with van der Waals surface area (Å²) in [6.07, 6.45) is 0. The Kier molecular flexibility index (Phi) is 7.42. The summed E-state index contributed by atoms with van der Waals surface area (Å²) < 4.78 is 16.1. The average molecular weight is 375 g/mol. The highest BCUT2D eigenvalue weighted by atomic mass is 16.5. The molecule has 0 unspecified atom stereocenters. The van der Waals surface area contributed by atoms with E-state index in [1.165, 1.54) is 0 Å². The standard InChI is InChI=1S/C21H29NO5/c1-14(2)10-22(11-15(3)4)19(23)13-26-21(24)20-17(12-25-5)16-8-6-7-9-18(16)27-20/h6-9,14-15H,10-13H2,1-5H3. The number of methoxy groups -OCH3 is 1. The highest BCUT2D eigenvalue weighted by Crippen LogP contribution is 2.27. The number of nitrogens with zero attached hydrogens (tertiary/aromatic N) is 1. The lowest BCUT2D eigenvalue weighted by molar-refractivity contribution is -0.135. The summed E-state index contributed by atoms with van der Waals surface area (Å²) in [4.78, 5) is 26.8. The van der Waals surface area contributed by atoms with E-state index in [1.54, 1.807) is 18.1 Å². The molecule has 1 heterocycles. The second kappa shape index (κ2) is 9.55. The third-order valence-electron chi connectivity index (χ3n) is 4.02. The summed E-state index contributed by atoms with van der Waals surface area (Å²) in [6.45, 7) is 9.40. The Morgan fingerprint density at radius 3 is 2.30 bits per heavy atom. The van der Waals surface area contributed by atoms with E-state index in [4.69, 9.17) is 13.9 Å². The first-order chi connectivity index (χ1) is 12.8. The van der Waals surface area contributed by atoms with Gasteiger partial charge in [0.1, 0.15) is 5.58 Å². The van der Waals surface area contributed by atoms with Gasteiger partial charge in [0, 0.05) is 31.1 Å². The highest BCUT2D eigenvalue weighted by Gasteiger charge is 2.24. The molecule has 27 heavy (non-hydrogen) atoms. The summed E-state index contributed by atoms with van der Waals surface area (Å²) in [5.41, 5.74) is 1.22. The molecule has 1 aromatic heterocycles. The normalized spacial score (nSPS) is 11.4. The zero-order valence-electron chi connectivity index (χ0n) is 16.8. The van der Waals surface area contributed by atoms with E-state index in [2.05, 4.69) is 27.7 Å². The van der Waals surface area contributed by atoms with Gasteiger partial charge in [0.25, 0.3) is 5.91 Å². The largest absolute Gasteiger partial charge is 0.450 e. The fourth-order valence-electron chi connectivity index (χ4n) is 3.00. The van der Waals surface area contributed by atoms with E-state index in [9.17, 15) is 9.59 Å². The van der Waals surface area contributed by atoms with Gasteiger partial charge in [-0.25, -0.2) is 4.79 Å². The Hall–Kier alpha value is -2.34. The predicted octanol–water partition coefficient (Wildman–Crippen LogP) is 3.88. The van der Waals surface area contributed by atoms with Gasteiger partial charge in [-0.2, -0.15) is 0 Å². The summed E-state index contributed by atoms with van der Waals surface area (Å²) in [6, 6.07) is 7.34. The van der Waals surface area contributed by atoms with Crippen molar-refractivity contribution in [2.24, 2.45) is 11.8 Å². The van der Waals surface area contributed by atoms with E-state index >= 15 is 0 Å². The number of rotatable bonds is 9. The molecule has 2 aromatic rings. The number of furan rings is 1. The number of esters is 1. The molecule has 0 spiro atoms. The summed E-state index contributed by atoms with van der Waals surface area (Å²) in [7, 11) is 1.55. The fraction of sp³-hybridized carbons (Fsp3) is 0.524. The minimum absolute atomic E-state index is 0.0881. The molecule has 0 aliphatic rings. The van der Waals surface area contributed by atoms with Crippen molar-refractivity contribution in [3.8, 4) is 0 Å². The van der Waals surface area contributed by atoms with Gasteiger partial charge in [-0.1, -0.05) is 45.9 Å². The molecule has 1 aromatic carbocycles. The van der Waals surface area contributed by atoms with Crippen molar-refractivity contribution in [3.05, 3.63) is 35.6 Å². The van der Waals surface area contributed by atoms with Crippen LogP contribution >= 0.6 is 0 Å². The Balaban J connectivity index is 2.11. The number of ether oxygens (including phenoxy) is 2. The van der Waals surface area contributed by atoms with Crippen LogP contribution in [0.3, 0.4) is 0 Å². The number of hydrogen-bond donors (Lipinski definition) is 0. The molecule has 2 rings (SSSR count). The second-order valence-corrected chi connectivity index (χ2v) is 7.50.